The van der Waals surface area contributed by atoms with Crippen molar-refractivity contribution in [2.75, 3.05) is 11.1 Å². The summed E-state index contributed by atoms with van der Waals surface area (Å²) in [5, 5.41) is 4.39. The molecule has 3 aromatic heterocycles. The molecule has 1 amide bonds. The lowest BCUT2D eigenvalue weighted by molar-refractivity contribution is -0.113. The van der Waals surface area contributed by atoms with Crippen molar-refractivity contribution in [1.82, 2.24) is 14.5 Å². The summed E-state index contributed by atoms with van der Waals surface area (Å²) in [6.07, 6.45) is 2.58. The number of benzene rings is 1. The minimum atomic E-state index is -0.125. The Morgan fingerprint density at radius 3 is 2.78 bits per heavy atom. The Hall–Kier alpha value is -2.71. The monoisotopic (exact) mass is 466 g/mol. The lowest BCUT2D eigenvalue weighted by atomic mass is 10.1. The number of nitrogens with zero attached hydrogens (tertiary/aromatic N) is 3. The molecular weight excluding hydrogens is 440 g/mol. The van der Waals surface area contributed by atoms with Gasteiger partial charge in [-0.15, -0.1) is 11.3 Å². The summed E-state index contributed by atoms with van der Waals surface area (Å²) >= 11 is 2.68. The highest BCUT2D eigenvalue weighted by atomic mass is 32.2. The molecule has 0 fully saturated rings. The standard InChI is InChI=1S/C24H26N4O2S2/c1-14(2)9-11-28-23(30)21-20(18-6-5-10-25-22(18)32-21)27-24(28)31-13-19(29)26-17-8-7-15(3)16(4)12-17/h5-8,10,12,14H,9,11,13H2,1-4H3,(H,26,29). The Morgan fingerprint density at radius 1 is 1.22 bits per heavy atom. The van der Waals surface area contributed by atoms with Gasteiger partial charge in [-0.25, -0.2) is 9.97 Å². The molecule has 1 N–H and O–H groups in total. The fourth-order valence-corrected chi connectivity index (χ4v) is 5.23. The molecule has 0 spiro atoms. The van der Waals surface area contributed by atoms with E-state index in [1.165, 1.54) is 28.7 Å². The number of carbonyl (C=O) groups excluding carboxylic acids is 1. The van der Waals surface area contributed by atoms with Gasteiger partial charge >= 0.3 is 0 Å². The van der Waals surface area contributed by atoms with E-state index >= 15 is 0 Å². The fraction of sp³-hybridized carbons (Fsp3) is 0.333. The predicted molar refractivity (Wildman–Crippen MR) is 134 cm³/mol. The van der Waals surface area contributed by atoms with Crippen LogP contribution in [0.25, 0.3) is 20.4 Å². The van der Waals surface area contributed by atoms with E-state index in [1.807, 2.05) is 44.2 Å². The van der Waals surface area contributed by atoms with Crippen LogP contribution in [0, 0.1) is 19.8 Å². The van der Waals surface area contributed by atoms with Crippen LogP contribution in [-0.2, 0) is 11.3 Å². The summed E-state index contributed by atoms with van der Waals surface area (Å²) < 4.78 is 2.33. The van der Waals surface area contributed by atoms with E-state index in [1.54, 1.807) is 10.8 Å². The molecule has 0 aliphatic carbocycles. The van der Waals surface area contributed by atoms with Gasteiger partial charge in [0.25, 0.3) is 5.56 Å². The molecule has 0 aliphatic heterocycles. The maximum absolute atomic E-state index is 13.3. The molecule has 0 saturated carbocycles. The van der Waals surface area contributed by atoms with E-state index in [0.717, 1.165) is 27.9 Å². The highest BCUT2D eigenvalue weighted by Crippen LogP contribution is 2.30. The molecule has 4 rings (SSSR count). The predicted octanol–water partition coefficient (Wildman–Crippen LogP) is 5.40. The molecule has 32 heavy (non-hydrogen) atoms. The molecule has 0 atom stereocenters. The number of thioether (sulfide) groups is 1. The average molecular weight is 467 g/mol. The molecule has 0 bridgehead atoms. The number of aryl methyl sites for hydroxylation is 2. The fourth-order valence-electron chi connectivity index (χ4n) is 3.38. The van der Waals surface area contributed by atoms with Crippen molar-refractivity contribution in [3.8, 4) is 0 Å². The SMILES string of the molecule is Cc1ccc(NC(=O)CSc2nc3c(sc4ncccc43)c(=O)n2CCC(C)C)cc1C. The molecule has 8 heteroatoms. The molecule has 0 radical (unpaired) electrons. The molecule has 6 nitrogen and oxygen atoms in total. The average Bonchev–Trinajstić information content (AvgIpc) is 3.13. The van der Waals surface area contributed by atoms with E-state index < -0.39 is 0 Å². The molecule has 3 heterocycles. The second kappa shape index (κ2) is 9.42. The first-order chi connectivity index (χ1) is 15.3. The molecular formula is C24H26N4O2S2. The van der Waals surface area contributed by atoms with E-state index in [0.29, 0.717) is 27.8 Å². The Bertz CT molecular complexity index is 1360. The summed E-state index contributed by atoms with van der Waals surface area (Å²) in [4.78, 5) is 36.0. The molecule has 0 aliphatic rings. The van der Waals surface area contributed by atoms with Gasteiger partial charge in [-0.3, -0.25) is 14.2 Å². The Labute approximate surface area is 195 Å². The smallest absolute Gasteiger partial charge is 0.272 e. The highest BCUT2D eigenvalue weighted by Gasteiger charge is 2.18. The number of fused-ring (bicyclic) bond motifs is 3. The van der Waals surface area contributed by atoms with Crippen molar-refractivity contribution in [3.05, 3.63) is 58.0 Å². The van der Waals surface area contributed by atoms with Crippen LogP contribution >= 0.6 is 23.1 Å². The summed E-state index contributed by atoms with van der Waals surface area (Å²) in [5.74, 6) is 0.500. The van der Waals surface area contributed by atoms with E-state index in [2.05, 4.69) is 24.1 Å². The largest absolute Gasteiger partial charge is 0.325 e. The Kier molecular flexibility index (Phi) is 6.62. The number of thiophene rings is 1. The third kappa shape index (κ3) is 4.71. The maximum Gasteiger partial charge on any atom is 0.272 e. The number of carbonyl (C=O) groups is 1. The van der Waals surface area contributed by atoms with E-state index in [9.17, 15) is 9.59 Å². The van der Waals surface area contributed by atoms with Crippen LogP contribution in [-0.4, -0.2) is 26.2 Å². The molecule has 166 valence electrons. The van der Waals surface area contributed by atoms with Gasteiger partial charge in [-0.2, -0.15) is 0 Å². The van der Waals surface area contributed by atoms with Crippen molar-refractivity contribution in [2.24, 2.45) is 5.92 Å². The van der Waals surface area contributed by atoms with Crippen molar-refractivity contribution in [2.45, 2.75) is 45.8 Å². The van der Waals surface area contributed by atoms with Crippen molar-refractivity contribution < 1.29 is 4.79 Å². The van der Waals surface area contributed by atoms with E-state index in [-0.39, 0.29) is 17.2 Å². The number of rotatable bonds is 7. The second-order valence-corrected chi connectivity index (χ2v) is 10.2. The van der Waals surface area contributed by atoms with Crippen LogP contribution in [0.4, 0.5) is 5.69 Å². The van der Waals surface area contributed by atoms with Crippen LogP contribution in [0.5, 0.6) is 0 Å². The van der Waals surface area contributed by atoms with Gasteiger partial charge in [0.2, 0.25) is 5.91 Å². The van der Waals surface area contributed by atoms with E-state index in [4.69, 9.17) is 4.98 Å². The summed E-state index contributed by atoms with van der Waals surface area (Å²) in [7, 11) is 0. The highest BCUT2D eigenvalue weighted by molar-refractivity contribution is 7.99. The van der Waals surface area contributed by atoms with Gasteiger partial charge in [-0.1, -0.05) is 31.7 Å². The maximum atomic E-state index is 13.3. The van der Waals surface area contributed by atoms with Crippen molar-refractivity contribution in [1.29, 1.82) is 0 Å². The first kappa shape index (κ1) is 22.5. The quantitative estimate of drug-likeness (QED) is 0.291. The normalized spacial score (nSPS) is 11.5. The van der Waals surface area contributed by atoms with Crippen LogP contribution in [0.3, 0.4) is 0 Å². The number of pyridine rings is 1. The van der Waals surface area contributed by atoms with Crippen LogP contribution in [0.2, 0.25) is 0 Å². The molecule has 0 unspecified atom stereocenters. The lowest BCUT2D eigenvalue weighted by Gasteiger charge is -2.13. The van der Waals surface area contributed by atoms with Gasteiger partial charge in [0.1, 0.15) is 9.53 Å². The lowest BCUT2D eigenvalue weighted by Crippen LogP contribution is -2.24. The topological polar surface area (TPSA) is 76.9 Å². The summed E-state index contributed by atoms with van der Waals surface area (Å²) in [5.41, 5.74) is 3.69. The second-order valence-electron chi connectivity index (χ2n) is 8.31. The van der Waals surface area contributed by atoms with Crippen LogP contribution in [0.15, 0.2) is 46.5 Å². The van der Waals surface area contributed by atoms with Gasteiger partial charge in [0, 0.05) is 23.8 Å². The van der Waals surface area contributed by atoms with Crippen LogP contribution in [0.1, 0.15) is 31.4 Å². The molecule has 4 aromatic rings. The summed E-state index contributed by atoms with van der Waals surface area (Å²) in [6.45, 7) is 8.89. The zero-order valence-corrected chi connectivity index (χ0v) is 20.3. The van der Waals surface area contributed by atoms with Gasteiger partial charge < -0.3 is 5.32 Å². The van der Waals surface area contributed by atoms with Crippen LogP contribution < -0.4 is 10.9 Å². The Morgan fingerprint density at radius 2 is 2.03 bits per heavy atom. The Balaban J connectivity index is 1.64. The zero-order chi connectivity index (χ0) is 22.8. The third-order valence-electron chi connectivity index (χ3n) is 5.37. The number of hydrogen-bond acceptors (Lipinski definition) is 6. The molecule has 0 saturated heterocycles. The third-order valence-corrected chi connectivity index (χ3v) is 7.44. The van der Waals surface area contributed by atoms with Gasteiger partial charge in [0.05, 0.1) is 11.3 Å². The number of amides is 1. The van der Waals surface area contributed by atoms with Crippen molar-refractivity contribution in [3.63, 3.8) is 0 Å². The first-order valence-corrected chi connectivity index (χ1v) is 12.4. The molecule has 1 aromatic carbocycles. The zero-order valence-electron chi connectivity index (χ0n) is 18.6. The minimum Gasteiger partial charge on any atom is -0.325 e. The summed E-state index contributed by atoms with van der Waals surface area (Å²) in [6, 6.07) is 9.65. The number of nitrogens with one attached hydrogen (secondary N) is 1. The minimum absolute atomic E-state index is 0.0595. The number of anilines is 1. The number of aromatic nitrogens is 3. The number of hydrogen-bond donors (Lipinski definition) is 1. The van der Waals surface area contributed by atoms with Gasteiger partial charge in [-0.05, 0) is 61.6 Å². The van der Waals surface area contributed by atoms with Gasteiger partial charge in [0.15, 0.2) is 5.16 Å². The van der Waals surface area contributed by atoms with Crippen molar-refractivity contribution >= 4 is 55.1 Å². The first-order valence-electron chi connectivity index (χ1n) is 10.6.